The van der Waals surface area contributed by atoms with Gasteiger partial charge in [0.1, 0.15) is 0 Å². The van der Waals surface area contributed by atoms with Crippen molar-refractivity contribution < 1.29 is 13.9 Å². The van der Waals surface area contributed by atoms with E-state index in [1.54, 1.807) is 6.07 Å². The summed E-state index contributed by atoms with van der Waals surface area (Å²) in [6.07, 6.45) is 1.47. The fourth-order valence-electron chi connectivity index (χ4n) is 1.83. The van der Waals surface area contributed by atoms with Crippen LogP contribution >= 0.6 is 28.3 Å². The van der Waals surface area contributed by atoms with Gasteiger partial charge in [-0.3, -0.25) is 4.79 Å². The molecule has 0 aromatic heterocycles. The Morgan fingerprint density at radius 1 is 1.43 bits per heavy atom. The van der Waals surface area contributed by atoms with E-state index < -0.39 is 11.4 Å². The van der Waals surface area contributed by atoms with Crippen LogP contribution in [0.3, 0.4) is 0 Å². The Morgan fingerprint density at radius 3 is 2.52 bits per heavy atom. The molecule has 1 amide bonds. The smallest absolute Gasteiger partial charge is 0.258 e. The summed E-state index contributed by atoms with van der Waals surface area (Å²) < 4.78 is 19.3. The first-order valence-corrected chi connectivity index (χ1v) is 7.34. The molecular weight excluding hydrogens is 363 g/mol. The summed E-state index contributed by atoms with van der Waals surface area (Å²) in [5.74, 6) is -0.764. The monoisotopic (exact) mass is 382 g/mol. The zero-order valence-electron chi connectivity index (χ0n) is 12.1. The first-order chi connectivity index (χ1) is 9.46. The molecule has 4 nitrogen and oxygen atoms in total. The number of rotatable bonds is 7. The summed E-state index contributed by atoms with van der Waals surface area (Å²) in [6.45, 7) is 4.05. The Labute approximate surface area is 139 Å². The van der Waals surface area contributed by atoms with E-state index in [1.165, 1.54) is 12.1 Å². The maximum atomic E-state index is 13.5. The number of ether oxygens (including phenoxy) is 1. The molecule has 0 atom stereocenters. The third kappa shape index (κ3) is 5.80. The van der Waals surface area contributed by atoms with Crippen LogP contribution in [0.1, 0.15) is 26.7 Å². The molecule has 0 aliphatic carbocycles. The van der Waals surface area contributed by atoms with Crippen molar-refractivity contribution in [2.75, 3.05) is 13.2 Å². The lowest BCUT2D eigenvalue weighted by molar-refractivity contribution is -0.125. The minimum absolute atomic E-state index is 0. The zero-order valence-corrected chi connectivity index (χ0v) is 14.5. The van der Waals surface area contributed by atoms with Gasteiger partial charge in [0, 0.05) is 11.0 Å². The Kier molecular flexibility index (Phi) is 8.85. The molecule has 0 aliphatic heterocycles. The average Bonchev–Trinajstić information content (AvgIpc) is 2.44. The van der Waals surface area contributed by atoms with E-state index in [0.717, 1.165) is 12.8 Å². The number of hydrogen-bond acceptors (Lipinski definition) is 3. The van der Waals surface area contributed by atoms with Gasteiger partial charge in [0.05, 0.1) is 5.54 Å². The van der Waals surface area contributed by atoms with Crippen molar-refractivity contribution in [3.63, 3.8) is 0 Å². The number of benzene rings is 1. The van der Waals surface area contributed by atoms with Gasteiger partial charge in [-0.2, -0.15) is 0 Å². The lowest BCUT2D eigenvalue weighted by atomic mass is 9.93. The van der Waals surface area contributed by atoms with Crippen LogP contribution in [0.25, 0.3) is 0 Å². The third-order valence-electron chi connectivity index (χ3n) is 3.40. The van der Waals surface area contributed by atoms with Gasteiger partial charge >= 0.3 is 0 Å². The highest BCUT2D eigenvalue weighted by atomic mass is 79.9. The first-order valence-electron chi connectivity index (χ1n) is 6.55. The van der Waals surface area contributed by atoms with Gasteiger partial charge in [0.15, 0.2) is 18.2 Å². The Hall–Kier alpha value is -0.850. The summed E-state index contributed by atoms with van der Waals surface area (Å²) in [6, 6.07) is 4.41. The summed E-state index contributed by atoms with van der Waals surface area (Å²) in [5, 5.41) is 2.86. The van der Waals surface area contributed by atoms with Crippen LogP contribution in [0.2, 0.25) is 0 Å². The Morgan fingerprint density at radius 2 is 2.05 bits per heavy atom. The number of amides is 1. The van der Waals surface area contributed by atoms with Gasteiger partial charge in [-0.1, -0.05) is 29.8 Å². The van der Waals surface area contributed by atoms with Gasteiger partial charge in [-0.25, -0.2) is 4.39 Å². The minimum atomic E-state index is -0.511. The molecule has 0 heterocycles. The molecule has 0 bridgehead atoms. The van der Waals surface area contributed by atoms with Gasteiger partial charge in [-0.05, 0) is 31.0 Å². The quantitative estimate of drug-likeness (QED) is 0.761. The van der Waals surface area contributed by atoms with E-state index >= 15 is 0 Å². The Balaban J connectivity index is 0.00000400. The third-order valence-corrected chi connectivity index (χ3v) is 3.89. The van der Waals surface area contributed by atoms with Crippen LogP contribution in [0.15, 0.2) is 22.7 Å². The number of nitrogens with one attached hydrogen (secondary N) is 1. The molecule has 21 heavy (non-hydrogen) atoms. The molecule has 0 aliphatic rings. The van der Waals surface area contributed by atoms with E-state index in [1.807, 2.05) is 13.8 Å². The summed E-state index contributed by atoms with van der Waals surface area (Å²) in [5.41, 5.74) is 5.29. The predicted octanol–water partition coefficient (Wildman–Crippen LogP) is 3.02. The van der Waals surface area contributed by atoms with E-state index in [0.29, 0.717) is 11.0 Å². The molecule has 1 rings (SSSR count). The van der Waals surface area contributed by atoms with Crippen LogP contribution < -0.4 is 15.8 Å². The Bertz CT molecular complexity index is 462. The fourth-order valence-corrected chi connectivity index (χ4v) is 2.17. The highest BCUT2D eigenvalue weighted by Crippen LogP contribution is 2.21. The average molecular weight is 384 g/mol. The van der Waals surface area contributed by atoms with Gasteiger partial charge in [0.2, 0.25) is 0 Å². The molecule has 0 unspecified atom stereocenters. The van der Waals surface area contributed by atoms with Gasteiger partial charge in [0.25, 0.3) is 5.91 Å². The van der Waals surface area contributed by atoms with E-state index in [4.69, 9.17) is 10.5 Å². The lowest BCUT2D eigenvalue weighted by Gasteiger charge is -2.31. The molecule has 0 fully saturated rings. The first kappa shape index (κ1) is 20.1. The van der Waals surface area contributed by atoms with Crippen LogP contribution in [0.5, 0.6) is 5.75 Å². The number of halogens is 3. The summed E-state index contributed by atoms with van der Waals surface area (Å²) >= 11 is 3.16. The summed E-state index contributed by atoms with van der Waals surface area (Å²) in [4.78, 5) is 11.9. The van der Waals surface area contributed by atoms with E-state index in [2.05, 4.69) is 21.2 Å². The van der Waals surface area contributed by atoms with Crippen molar-refractivity contribution in [2.45, 2.75) is 32.2 Å². The molecule has 1 aromatic rings. The van der Waals surface area contributed by atoms with Crippen molar-refractivity contribution >= 4 is 34.2 Å². The maximum absolute atomic E-state index is 13.5. The molecule has 0 spiro atoms. The molecule has 0 saturated heterocycles. The number of carbonyl (C=O) groups excluding carboxylic acids is 1. The highest BCUT2D eigenvalue weighted by molar-refractivity contribution is 9.10. The van der Waals surface area contributed by atoms with E-state index in [9.17, 15) is 9.18 Å². The second kappa shape index (κ2) is 9.23. The SMILES string of the molecule is CCC(CC)(CN)NC(=O)COc1ccc(Br)cc1F.Cl. The van der Waals surface area contributed by atoms with Crippen molar-refractivity contribution in [1.82, 2.24) is 5.32 Å². The molecule has 7 heteroatoms. The predicted molar refractivity (Wildman–Crippen MR) is 87.4 cm³/mol. The molecule has 3 N–H and O–H groups in total. The summed E-state index contributed by atoms with van der Waals surface area (Å²) in [7, 11) is 0. The molecule has 1 aromatic carbocycles. The normalized spacial score (nSPS) is 10.7. The molecule has 0 radical (unpaired) electrons. The second-order valence-electron chi connectivity index (χ2n) is 4.60. The van der Waals surface area contributed by atoms with Crippen molar-refractivity contribution in [3.05, 3.63) is 28.5 Å². The topological polar surface area (TPSA) is 64.3 Å². The molecule has 0 saturated carbocycles. The largest absolute Gasteiger partial charge is 0.481 e. The number of carbonyl (C=O) groups is 1. The minimum Gasteiger partial charge on any atom is -0.481 e. The number of hydrogen-bond donors (Lipinski definition) is 2. The molecular formula is C14H21BrClFN2O2. The van der Waals surface area contributed by atoms with Crippen LogP contribution in [0, 0.1) is 5.82 Å². The van der Waals surface area contributed by atoms with E-state index in [-0.39, 0.29) is 30.7 Å². The molecule has 120 valence electrons. The lowest BCUT2D eigenvalue weighted by Crippen LogP contribution is -2.54. The van der Waals surface area contributed by atoms with Crippen LogP contribution in [-0.2, 0) is 4.79 Å². The highest BCUT2D eigenvalue weighted by Gasteiger charge is 2.26. The van der Waals surface area contributed by atoms with Crippen LogP contribution in [0.4, 0.5) is 4.39 Å². The zero-order chi connectivity index (χ0) is 15.2. The second-order valence-corrected chi connectivity index (χ2v) is 5.52. The maximum Gasteiger partial charge on any atom is 0.258 e. The van der Waals surface area contributed by atoms with Gasteiger partial charge < -0.3 is 15.8 Å². The number of nitrogens with two attached hydrogens (primary N) is 1. The van der Waals surface area contributed by atoms with Crippen molar-refractivity contribution in [1.29, 1.82) is 0 Å². The van der Waals surface area contributed by atoms with Crippen molar-refractivity contribution in [2.24, 2.45) is 5.73 Å². The standard InChI is InChI=1S/C14H20BrFN2O2.ClH/c1-3-14(4-2,9-17)18-13(19)8-20-12-6-5-10(15)7-11(12)16;/h5-7H,3-4,8-9,17H2,1-2H3,(H,18,19);1H. The van der Waals surface area contributed by atoms with Gasteiger partial charge in [-0.15, -0.1) is 12.4 Å². The van der Waals surface area contributed by atoms with Crippen LogP contribution in [-0.4, -0.2) is 24.6 Å². The van der Waals surface area contributed by atoms with Crippen molar-refractivity contribution in [3.8, 4) is 5.75 Å². The fraction of sp³-hybridized carbons (Fsp3) is 0.500.